The van der Waals surface area contributed by atoms with Gasteiger partial charge >= 0.3 is 0 Å². The summed E-state index contributed by atoms with van der Waals surface area (Å²) in [5.41, 5.74) is 1.26. The van der Waals surface area contributed by atoms with Gasteiger partial charge in [0, 0.05) is 0 Å². The molecule has 1 nitrogen and oxygen atoms in total. The SMILES string of the molecule is O[C@@H](Cc1ccccc1)C1CCCCC1. The van der Waals surface area contributed by atoms with Crippen molar-refractivity contribution < 1.29 is 5.11 Å². The highest BCUT2D eigenvalue weighted by Gasteiger charge is 2.21. The van der Waals surface area contributed by atoms with Gasteiger partial charge < -0.3 is 5.11 Å². The van der Waals surface area contributed by atoms with Gasteiger partial charge in [-0.25, -0.2) is 0 Å². The van der Waals surface area contributed by atoms with Crippen LogP contribution >= 0.6 is 0 Å². The van der Waals surface area contributed by atoms with Gasteiger partial charge in [-0.1, -0.05) is 49.6 Å². The van der Waals surface area contributed by atoms with E-state index in [0.29, 0.717) is 5.92 Å². The molecule has 1 fully saturated rings. The largest absolute Gasteiger partial charge is 0.392 e. The van der Waals surface area contributed by atoms with Gasteiger partial charge in [-0.15, -0.1) is 0 Å². The van der Waals surface area contributed by atoms with E-state index in [1.54, 1.807) is 0 Å². The predicted molar refractivity (Wildman–Crippen MR) is 62.7 cm³/mol. The van der Waals surface area contributed by atoms with E-state index in [0.717, 1.165) is 6.42 Å². The van der Waals surface area contributed by atoms with Crippen LogP contribution in [0.1, 0.15) is 37.7 Å². The first-order chi connectivity index (χ1) is 7.36. The van der Waals surface area contributed by atoms with Crippen LogP contribution in [0.5, 0.6) is 0 Å². The molecule has 0 unspecified atom stereocenters. The molecule has 2 rings (SSSR count). The normalized spacial score (nSPS) is 20.1. The predicted octanol–water partition coefficient (Wildman–Crippen LogP) is 3.17. The summed E-state index contributed by atoms with van der Waals surface area (Å²) in [5.74, 6) is 0.541. The molecule has 82 valence electrons. The van der Waals surface area contributed by atoms with Crippen LogP contribution in [-0.2, 0) is 6.42 Å². The monoisotopic (exact) mass is 204 g/mol. The first-order valence-electron chi connectivity index (χ1n) is 6.08. The first-order valence-corrected chi connectivity index (χ1v) is 6.08. The van der Waals surface area contributed by atoms with Crippen molar-refractivity contribution in [1.29, 1.82) is 0 Å². The van der Waals surface area contributed by atoms with Crippen molar-refractivity contribution in [3.05, 3.63) is 35.9 Å². The quantitative estimate of drug-likeness (QED) is 0.801. The molecule has 1 aliphatic rings. The Balaban J connectivity index is 1.88. The summed E-state index contributed by atoms with van der Waals surface area (Å²) in [5, 5.41) is 10.1. The maximum absolute atomic E-state index is 10.1. The van der Waals surface area contributed by atoms with Crippen LogP contribution < -0.4 is 0 Å². The third-order valence-electron chi connectivity index (χ3n) is 3.48. The van der Waals surface area contributed by atoms with E-state index in [4.69, 9.17) is 0 Å². The van der Waals surface area contributed by atoms with Gasteiger partial charge in [-0.3, -0.25) is 0 Å². The Bertz CT molecular complexity index is 275. The third-order valence-corrected chi connectivity index (χ3v) is 3.48. The number of rotatable bonds is 3. The lowest BCUT2D eigenvalue weighted by Gasteiger charge is -2.26. The highest BCUT2D eigenvalue weighted by Crippen LogP contribution is 2.27. The average Bonchev–Trinajstić information content (AvgIpc) is 2.31. The fourth-order valence-electron chi connectivity index (χ4n) is 2.54. The number of aliphatic hydroxyl groups is 1. The van der Waals surface area contributed by atoms with Crippen LogP contribution in [0.4, 0.5) is 0 Å². The topological polar surface area (TPSA) is 20.2 Å². The summed E-state index contributed by atoms with van der Waals surface area (Å²) < 4.78 is 0. The van der Waals surface area contributed by atoms with Gasteiger partial charge in [-0.2, -0.15) is 0 Å². The Morgan fingerprint density at radius 3 is 2.40 bits per heavy atom. The van der Waals surface area contributed by atoms with Crippen molar-refractivity contribution in [2.45, 2.75) is 44.6 Å². The summed E-state index contributed by atoms with van der Waals surface area (Å²) in [6.45, 7) is 0. The van der Waals surface area contributed by atoms with Crippen molar-refractivity contribution in [2.75, 3.05) is 0 Å². The zero-order chi connectivity index (χ0) is 10.5. The molecular formula is C14H20O. The number of benzene rings is 1. The van der Waals surface area contributed by atoms with Crippen molar-refractivity contribution >= 4 is 0 Å². The van der Waals surface area contributed by atoms with Crippen molar-refractivity contribution in [2.24, 2.45) is 5.92 Å². The molecular weight excluding hydrogens is 184 g/mol. The van der Waals surface area contributed by atoms with Crippen LogP contribution in [-0.4, -0.2) is 11.2 Å². The maximum atomic E-state index is 10.1. The molecule has 1 N–H and O–H groups in total. The summed E-state index contributed by atoms with van der Waals surface area (Å²) in [4.78, 5) is 0. The van der Waals surface area contributed by atoms with Gasteiger partial charge in [0.05, 0.1) is 6.10 Å². The van der Waals surface area contributed by atoms with Crippen molar-refractivity contribution in [3.63, 3.8) is 0 Å². The smallest absolute Gasteiger partial charge is 0.0608 e. The second kappa shape index (κ2) is 5.32. The summed E-state index contributed by atoms with van der Waals surface area (Å²) in [6, 6.07) is 10.3. The van der Waals surface area contributed by atoms with Gasteiger partial charge in [0.15, 0.2) is 0 Å². The Labute approximate surface area is 92.1 Å². The van der Waals surface area contributed by atoms with Gasteiger partial charge in [0.25, 0.3) is 0 Å². The Morgan fingerprint density at radius 1 is 1.07 bits per heavy atom. The van der Waals surface area contributed by atoms with E-state index in [1.807, 2.05) is 18.2 Å². The Hall–Kier alpha value is -0.820. The third kappa shape index (κ3) is 3.07. The minimum atomic E-state index is -0.132. The summed E-state index contributed by atoms with van der Waals surface area (Å²) >= 11 is 0. The lowest BCUT2D eigenvalue weighted by Crippen LogP contribution is -2.24. The van der Waals surface area contributed by atoms with Crippen molar-refractivity contribution in [3.8, 4) is 0 Å². The standard InChI is InChI=1S/C14H20O/c15-14(13-9-5-2-6-10-13)11-12-7-3-1-4-8-12/h1,3-4,7-8,13-15H,2,5-6,9-11H2/t14-/m0/s1. The van der Waals surface area contributed by atoms with E-state index in [-0.39, 0.29) is 6.10 Å². The molecule has 1 heteroatoms. The molecule has 0 heterocycles. The van der Waals surface area contributed by atoms with Gasteiger partial charge in [-0.05, 0) is 30.7 Å². The van der Waals surface area contributed by atoms with Crippen LogP contribution in [0, 0.1) is 5.92 Å². The number of hydrogen-bond donors (Lipinski definition) is 1. The highest BCUT2D eigenvalue weighted by atomic mass is 16.3. The van der Waals surface area contributed by atoms with Crippen LogP contribution in [0.15, 0.2) is 30.3 Å². The maximum Gasteiger partial charge on any atom is 0.0608 e. The molecule has 0 bridgehead atoms. The lowest BCUT2D eigenvalue weighted by atomic mass is 9.83. The zero-order valence-corrected chi connectivity index (χ0v) is 9.23. The second-order valence-corrected chi connectivity index (χ2v) is 4.66. The molecule has 1 aliphatic carbocycles. The molecule has 0 aromatic heterocycles. The molecule has 1 saturated carbocycles. The van der Waals surface area contributed by atoms with Crippen molar-refractivity contribution in [1.82, 2.24) is 0 Å². The fraction of sp³-hybridized carbons (Fsp3) is 0.571. The van der Waals surface area contributed by atoms with Gasteiger partial charge in [0.2, 0.25) is 0 Å². The Morgan fingerprint density at radius 2 is 1.73 bits per heavy atom. The zero-order valence-electron chi connectivity index (χ0n) is 9.23. The molecule has 0 spiro atoms. The minimum Gasteiger partial charge on any atom is -0.392 e. The molecule has 0 amide bonds. The summed E-state index contributed by atoms with van der Waals surface area (Å²) in [7, 11) is 0. The van der Waals surface area contributed by atoms with Crippen LogP contribution in [0.3, 0.4) is 0 Å². The lowest BCUT2D eigenvalue weighted by molar-refractivity contribution is 0.0851. The molecule has 0 radical (unpaired) electrons. The van der Waals surface area contributed by atoms with E-state index in [9.17, 15) is 5.11 Å². The average molecular weight is 204 g/mol. The van der Waals surface area contributed by atoms with Crippen LogP contribution in [0.2, 0.25) is 0 Å². The second-order valence-electron chi connectivity index (χ2n) is 4.66. The van der Waals surface area contributed by atoms with E-state index in [1.165, 1.54) is 37.7 Å². The molecule has 1 aromatic carbocycles. The van der Waals surface area contributed by atoms with Gasteiger partial charge in [0.1, 0.15) is 0 Å². The van der Waals surface area contributed by atoms with E-state index >= 15 is 0 Å². The molecule has 0 aliphatic heterocycles. The summed E-state index contributed by atoms with van der Waals surface area (Å²) in [6.07, 6.45) is 7.09. The Kier molecular flexibility index (Phi) is 3.79. The number of hydrogen-bond acceptors (Lipinski definition) is 1. The first kappa shape index (κ1) is 10.7. The minimum absolute atomic E-state index is 0.132. The van der Waals surface area contributed by atoms with E-state index in [2.05, 4.69) is 12.1 Å². The fourth-order valence-corrected chi connectivity index (χ4v) is 2.54. The molecule has 1 atom stereocenters. The number of aliphatic hydroxyl groups excluding tert-OH is 1. The highest BCUT2D eigenvalue weighted by molar-refractivity contribution is 5.15. The molecule has 0 saturated heterocycles. The van der Waals surface area contributed by atoms with E-state index < -0.39 is 0 Å². The molecule has 1 aromatic rings. The van der Waals surface area contributed by atoms with Crippen LogP contribution in [0.25, 0.3) is 0 Å². The molecule has 15 heavy (non-hydrogen) atoms.